The minimum Gasteiger partial charge on any atom is -0.347 e. The fraction of sp³-hybridized carbons (Fsp3) is 0.0952. The number of thiophene rings is 1. The number of aromatic nitrogens is 2. The van der Waals surface area contributed by atoms with Crippen LogP contribution in [-0.2, 0) is 6.54 Å². The summed E-state index contributed by atoms with van der Waals surface area (Å²) >= 11 is 1.34. The van der Waals surface area contributed by atoms with Crippen LogP contribution in [0.5, 0.6) is 0 Å². The van der Waals surface area contributed by atoms with E-state index in [2.05, 4.69) is 15.5 Å². The van der Waals surface area contributed by atoms with Gasteiger partial charge in [0.15, 0.2) is 0 Å². The van der Waals surface area contributed by atoms with Crippen LogP contribution in [0.2, 0.25) is 0 Å². The molecule has 1 amide bonds. The maximum atomic E-state index is 12.4. The molecule has 2 aromatic heterocycles. The first kappa shape index (κ1) is 17.2. The Kier molecular flexibility index (Phi) is 4.80. The Balaban J connectivity index is 1.46. The van der Waals surface area contributed by atoms with E-state index in [4.69, 9.17) is 4.52 Å². The molecular weight excluding hydrogens is 358 g/mol. The van der Waals surface area contributed by atoms with E-state index >= 15 is 0 Å². The Hall–Kier alpha value is -3.25. The van der Waals surface area contributed by atoms with E-state index in [0.717, 1.165) is 21.6 Å². The number of aryl methyl sites for hydroxylation is 1. The van der Waals surface area contributed by atoms with Gasteiger partial charge in [0.1, 0.15) is 0 Å². The SMILES string of the molecule is Cc1ccccc1CNC(=O)c1ccc(-c2noc(-c3ccccc3)n2)s1. The Bertz CT molecular complexity index is 1070. The summed E-state index contributed by atoms with van der Waals surface area (Å²) in [5.41, 5.74) is 3.13. The molecule has 0 aliphatic heterocycles. The first-order valence-corrected chi connectivity index (χ1v) is 9.34. The summed E-state index contributed by atoms with van der Waals surface area (Å²) in [6.07, 6.45) is 0. The van der Waals surface area contributed by atoms with Gasteiger partial charge in [-0.05, 0) is 42.3 Å². The number of benzene rings is 2. The average molecular weight is 375 g/mol. The van der Waals surface area contributed by atoms with Gasteiger partial charge in [-0.2, -0.15) is 4.98 Å². The lowest BCUT2D eigenvalue weighted by Gasteiger charge is -2.06. The molecule has 27 heavy (non-hydrogen) atoms. The van der Waals surface area contributed by atoms with Crippen LogP contribution in [0, 0.1) is 6.92 Å². The standard InChI is InChI=1S/C21H17N3O2S/c1-14-7-5-6-10-16(14)13-22-20(25)18-12-11-17(27-18)19-23-21(26-24-19)15-8-3-2-4-9-15/h2-12H,13H2,1H3,(H,22,25). The van der Waals surface area contributed by atoms with Gasteiger partial charge in [-0.3, -0.25) is 4.79 Å². The zero-order chi connectivity index (χ0) is 18.6. The number of carbonyl (C=O) groups is 1. The quantitative estimate of drug-likeness (QED) is 0.549. The predicted octanol–water partition coefficient (Wildman–Crippen LogP) is 4.70. The van der Waals surface area contributed by atoms with Gasteiger partial charge in [-0.1, -0.05) is 47.6 Å². The lowest BCUT2D eigenvalue weighted by Crippen LogP contribution is -2.22. The van der Waals surface area contributed by atoms with Gasteiger partial charge in [-0.15, -0.1) is 11.3 Å². The van der Waals surface area contributed by atoms with E-state index < -0.39 is 0 Å². The number of nitrogens with zero attached hydrogens (tertiary/aromatic N) is 2. The molecule has 0 atom stereocenters. The monoisotopic (exact) mass is 375 g/mol. The molecule has 0 fully saturated rings. The molecule has 1 N–H and O–H groups in total. The van der Waals surface area contributed by atoms with Crippen molar-refractivity contribution >= 4 is 17.2 Å². The summed E-state index contributed by atoms with van der Waals surface area (Å²) in [7, 11) is 0. The van der Waals surface area contributed by atoms with Crippen molar-refractivity contribution in [1.29, 1.82) is 0 Å². The molecule has 2 heterocycles. The van der Waals surface area contributed by atoms with E-state index in [9.17, 15) is 4.79 Å². The molecule has 0 radical (unpaired) electrons. The van der Waals surface area contributed by atoms with Crippen LogP contribution in [0.4, 0.5) is 0 Å². The van der Waals surface area contributed by atoms with Gasteiger partial charge >= 0.3 is 0 Å². The molecule has 0 aliphatic rings. The first-order chi connectivity index (χ1) is 13.2. The van der Waals surface area contributed by atoms with Crippen LogP contribution in [-0.4, -0.2) is 16.0 Å². The normalized spacial score (nSPS) is 10.7. The summed E-state index contributed by atoms with van der Waals surface area (Å²) in [6, 6.07) is 21.2. The highest BCUT2D eigenvalue weighted by Gasteiger charge is 2.15. The third-order valence-electron chi connectivity index (χ3n) is 4.20. The Morgan fingerprint density at radius 2 is 1.81 bits per heavy atom. The molecule has 0 saturated heterocycles. The fourth-order valence-corrected chi connectivity index (χ4v) is 3.52. The van der Waals surface area contributed by atoms with Crippen LogP contribution < -0.4 is 5.32 Å². The number of hydrogen-bond donors (Lipinski definition) is 1. The van der Waals surface area contributed by atoms with E-state index in [-0.39, 0.29) is 5.91 Å². The number of amides is 1. The predicted molar refractivity (Wildman–Crippen MR) is 105 cm³/mol. The summed E-state index contributed by atoms with van der Waals surface area (Å²) in [5.74, 6) is 0.836. The van der Waals surface area contributed by atoms with Gasteiger partial charge in [0.25, 0.3) is 11.8 Å². The van der Waals surface area contributed by atoms with Crippen molar-refractivity contribution in [3.8, 4) is 22.2 Å². The minimum atomic E-state index is -0.110. The molecule has 0 aliphatic carbocycles. The van der Waals surface area contributed by atoms with Crippen LogP contribution in [0.1, 0.15) is 20.8 Å². The molecule has 0 unspecified atom stereocenters. The Morgan fingerprint density at radius 3 is 2.63 bits per heavy atom. The largest absolute Gasteiger partial charge is 0.347 e. The average Bonchev–Trinajstić information content (AvgIpc) is 3.37. The topological polar surface area (TPSA) is 68.0 Å². The van der Waals surface area contributed by atoms with Crippen molar-refractivity contribution in [2.75, 3.05) is 0 Å². The van der Waals surface area contributed by atoms with Crippen LogP contribution >= 0.6 is 11.3 Å². The molecule has 4 aromatic rings. The second-order valence-corrected chi connectivity index (χ2v) is 7.15. The first-order valence-electron chi connectivity index (χ1n) is 8.53. The summed E-state index contributed by atoms with van der Waals surface area (Å²) in [5, 5.41) is 6.99. The van der Waals surface area contributed by atoms with Crippen molar-refractivity contribution in [1.82, 2.24) is 15.5 Å². The molecule has 5 nitrogen and oxygen atoms in total. The summed E-state index contributed by atoms with van der Waals surface area (Å²) < 4.78 is 5.34. The minimum absolute atomic E-state index is 0.110. The van der Waals surface area contributed by atoms with Gasteiger partial charge in [0.05, 0.1) is 9.75 Å². The van der Waals surface area contributed by atoms with Gasteiger partial charge in [0, 0.05) is 12.1 Å². The number of rotatable bonds is 5. The lowest BCUT2D eigenvalue weighted by atomic mass is 10.1. The summed E-state index contributed by atoms with van der Waals surface area (Å²) in [6.45, 7) is 2.53. The second kappa shape index (κ2) is 7.55. The molecule has 2 aromatic carbocycles. The van der Waals surface area contributed by atoms with E-state index in [1.165, 1.54) is 11.3 Å². The van der Waals surface area contributed by atoms with Gasteiger partial charge in [0.2, 0.25) is 5.82 Å². The zero-order valence-corrected chi connectivity index (χ0v) is 15.5. The fourth-order valence-electron chi connectivity index (χ4n) is 2.67. The highest BCUT2D eigenvalue weighted by Crippen LogP contribution is 2.28. The zero-order valence-electron chi connectivity index (χ0n) is 14.7. The van der Waals surface area contributed by atoms with Crippen molar-refractivity contribution in [2.45, 2.75) is 13.5 Å². The molecule has 4 rings (SSSR count). The number of hydrogen-bond acceptors (Lipinski definition) is 5. The van der Waals surface area contributed by atoms with Crippen molar-refractivity contribution in [3.63, 3.8) is 0 Å². The van der Waals surface area contributed by atoms with Crippen LogP contribution in [0.3, 0.4) is 0 Å². The summed E-state index contributed by atoms with van der Waals surface area (Å²) in [4.78, 5) is 18.3. The molecule has 0 spiro atoms. The number of nitrogens with one attached hydrogen (secondary N) is 1. The van der Waals surface area contributed by atoms with E-state index in [1.807, 2.05) is 67.6 Å². The van der Waals surface area contributed by atoms with Crippen LogP contribution in [0.25, 0.3) is 22.2 Å². The molecule has 0 bridgehead atoms. The van der Waals surface area contributed by atoms with Gasteiger partial charge in [-0.25, -0.2) is 0 Å². The molecule has 0 saturated carbocycles. The van der Waals surface area contributed by atoms with E-state index in [0.29, 0.717) is 23.1 Å². The number of carbonyl (C=O) groups excluding carboxylic acids is 1. The van der Waals surface area contributed by atoms with Crippen molar-refractivity contribution in [2.24, 2.45) is 0 Å². The molecule has 134 valence electrons. The maximum Gasteiger partial charge on any atom is 0.261 e. The highest BCUT2D eigenvalue weighted by atomic mass is 32.1. The molecule has 6 heteroatoms. The lowest BCUT2D eigenvalue weighted by molar-refractivity contribution is 0.0955. The van der Waals surface area contributed by atoms with Crippen molar-refractivity contribution < 1.29 is 9.32 Å². The Morgan fingerprint density at radius 1 is 1.04 bits per heavy atom. The third-order valence-corrected chi connectivity index (χ3v) is 5.28. The van der Waals surface area contributed by atoms with E-state index in [1.54, 1.807) is 6.07 Å². The smallest absolute Gasteiger partial charge is 0.261 e. The maximum absolute atomic E-state index is 12.4. The second-order valence-electron chi connectivity index (χ2n) is 6.06. The molecular formula is C21H17N3O2S. The highest BCUT2D eigenvalue weighted by molar-refractivity contribution is 7.17. The van der Waals surface area contributed by atoms with Gasteiger partial charge < -0.3 is 9.84 Å². The van der Waals surface area contributed by atoms with Crippen LogP contribution in [0.15, 0.2) is 71.3 Å². The Labute approximate surface area is 160 Å². The third kappa shape index (κ3) is 3.80. The van der Waals surface area contributed by atoms with Crippen molar-refractivity contribution in [3.05, 3.63) is 82.7 Å².